The number of hydrogen-bond acceptors (Lipinski definition) is 3. The van der Waals surface area contributed by atoms with E-state index >= 15 is 0 Å². The van der Waals surface area contributed by atoms with Crippen molar-refractivity contribution in [2.24, 2.45) is 11.1 Å². The smallest absolute Gasteiger partial charge is 0.238 e. The summed E-state index contributed by atoms with van der Waals surface area (Å²) < 4.78 is 22.6. The van der Waals surface area contributed by atoms with Gasteiger partial charge >= 0.3 is 0 Å². The number of benzene rings is 1. The van der Waals surface area contributed by atoms with Gasteiger partial charge in [0.15, 0.2) is 0 Å². The van der Waals surface area contributed by atoms with Crippen LogP contribution >= 0.6 is 0 Å². The molecule has 2 rings (SSSR count). The number of amides is 1. The van der Waals surface area contributed by atoms with Gasteiger partial charge in [-0.1, -0.05) is 18.2 Å². The predicted octanol–water partition coefficient (Wildman–Crippen LogP) is 1.55. The van der Waals surface area contributed by atoms with Gasteiger partial charge in [-0.15, -0.1) is 0 Å². The van der Waals surface area contributed by atoms with E-state index in [9.17, 15) is 13.2 Å². The monoisotopic (exact) mass is 280 g/mol. The minimum atomic E-state index is -3.76. The van der Waals surface area contributed by atoms with Gasteiger partial charge in [0.2, 0.25) is 15.9 Å². The SMILES string of the molecule is Cc1ccc(S(N)(=O)=O)cc1NC(=O)C1CC=CC1. The Morgan fingerprint density at radius 1 is 1.32 bits per heavy atom. The average molecular weight is 280 g/mol. The molecule has 0 fully saturated rings. The molecule has 0 unspecified atom stereocenters. The number of rotatable bonds is 3. The number of primary sulfonamides is 1. The summed E-state index contributed by atoms with van der Waals surface area (Å²) in [5, 5.41) is 7.84. The molecule has 0 atom stereocenters. The van der Waals surface area contributed by atoms with Gasteiger partial charge in [0.1, 0.15) is 0 Å². The fraction of sp³-hybridized carbons (Fsp3) is 0.308. The van der Waals surface area contributed by atoms with Gasteiger partial charge in [0, 0.05) is 11.6 Å². The molecule has 1 aliphatic carbocycles. The van der Waals surface area contributed by atoms with Crippen molar-refractivity contribution in [1.82, 2.24) is 0 Å². The number of hydrogen-bond donors (Lipinski definition) is 2. The molecular weight excluding hydrogens is 264 g/mol. The van der Waals surface area contributed by atoms with E-state index in [0.29, 0.717) is 5.69 Å². The van der Waals surface area contributed by atoms with E-state index in [-0.39, 0.29) is 16.7 Å². The van der Waals surface area contributed by atoms with Crippen LogP contribution in [-0.4, -0.2) is 14.3 Å². The minimum absolute atomic E-state index is 0.00190. The van der Waals surface area contributed by atoms with Gasteiger partial charge in [-0.25, -0.2) is 13.6 Å². The van der Waals surface area contributed by atoms with Crippen LogP contribution in [0, 0.1) is 12.8 Å². The second-order valence-corrected chi connectivity index (χ2v) is 6.21. The highest BCUT2D eigenvalue weighted by Crippen LogP contribution is 2.23. The standard InChI is InChI=1S/C13H16N2O3S/c1-9-6-7-11(19(14,17)18)8-12(9)15-13(16)10-4-2-3-5-10/h2-3,6-8,10H,4-5H2,1H3,(H,15,16)(H2,14,17,18). The number of nitrogens with one attached hydrogen (secondary N) is 1. The predicted molar refractivity (Wildman–Crippen MR) is 73.0 cm³/mol. The molecule has 0 spiro atoms. The van der Waals surface area contributed by atoms with Crippen molar-refractivity contribution in [2.75, 3.05) is 5.32 Å². The molecule has 0 saturated carbocycles. The van der Waals surface area contributed by atoms with Crippen LogP contribution in [0.4, 0.5) is 5.69 Å². The van der Waals surface area contributed by atoms with Crippen LogP contribution in [-0.2, 0) is 14.8 Å². The highest BCUT2D eigenvalue weighted by molar-refractivity contribution is 7.89. The summed E-state index contributed by atoms with van der Waals surface area (Å²) in [6.07, 6.45) is 5.38. The molecule has 0 bridgehead atoms. The summed E-state index contributed by atoms with van der Waals surface area (Å²) in [6, 6.07) is 4.45. The first-order chi connectivity index (χ1) is 8.88. The largest absolute Gasteiger partial charge is 0.326 e. The van der Waals surface area contributed by atoms with Crippen molar-refractivity contribution in [3.8, 4) is 0 Å². The normalized spacial score (nSPS) is 15.7. The van der Waals surface area contributed by atoms with Crippen molar-refractivity contribution in [3.05, 3.63) is 35.9 Å². The number of carbonyl (C=O) groups excluding carboxylic acids is 1. The fourth-order valence-corrected chi connectivity index (χ4v) is 2.52. The molecule has 0 radical (unpaired) electrons. The van der Waals surface area contributed by atoms with E-state index in [0.717, 1.165) is 18.4 Å². The summed E-state index contributed by atoms with van der Waals surface area (Å²) in [5.41, 5.74) is 1.29. The summed E-state index contributed by atoms with van der Waals surface area (Å²) >= 11 is 0. The number of sulfonamides is 1. The van der Waals surface area contributed by atoms with Crippen LogP contribution in [0.2, 0.25) is 0 Å². The Bertz CT molecular complexity index is 627. The lowest BCUT2D eigenvalue weighted by molar-refractivity contribution is -0.119. The first-order valence-electron chi connectivity index (χ1n) is 5.97. The lowest BCUT2D eigenvalue weighted by Crippen LogP contribution is -2.21. The summed E-state index contributed by atoms with van der Waals surface area (Å²) in [7, 11) is -3.76. The Morgan fingerprint density at radius 2 is 1.95 bits per heavy atom. The zero-order valence-electron chi connectivity index (χ0n) is 10.6. The van der Waals surface area contributed by atoms with E-state index < -0.39 is 10.0 Å². The van der Waals surface area contributed by atoms with Crippen molar-refractivity contribution in [2.45, 2.75) is 24.7 Å². The molecule has 0 aromatic heterocycles. The molecule has 19 heavy (non-hydrogen) atoms. The quantitative estimate of drug-likeness (QED) is 0.823. The van der Waals surface area contributed by atoms with Crippen molar-refractivity contribution >= 4 is 21.6 Å². The topological polar surface area (TPSA) is 89.3 Å². The number of anilines is 1. The zero-order chi connectivity index (χ0) is 14.0. The highest BCUT2D eigenvalue weighted by Gasteiger charge is 2.20. The maximum atomic E-state index is 12.0. The highest BCUT2D eigenvalue weighted by atomic mass is 32.2. The molecular formula is C13H16N2O3S. The molecule has 102 valence electrons. The van der Waals surface area contributed by atoms with Crippen molar-refractivity contribution in [3.63, 3.8) is 0 Å². The molecule has 3 N–H and O–H groups in total. The second-order valence-electron chi connectivity index (χ2n) is 4.65. The third kappa shape index (κ3) is 3.21. The fourth-order valence-electron chi connectivity index (χ4n) is 1.98. The zero-order valence-corrected chi connectivity index (χ0v) is 11.4. The van der Waals surface area contributed by atoms with Crippen LogP contribution in [0.5, 0.6) is 0 Å². The number of nitrogens with two attached hydrogens (primary N) is 1. The lowest BCUT2D eigenvalue weighted by Gasteiger charge is -2.13. The van der Waals surface area contributed by atoms with Gasteiger partial charge in [-0.2, -0.15) is 0 Å². The first-order valence-corrected chi connectivity index (χ1v) is 7.52. The lowest BCUT2D eigenvalue weighted by atomic mass is 10.1. The molecule has 1 aliphatic rings. The van der Waals surface area contributed by atoms with Gasteiger partial charge in [-0.3, -0.25) is 4.79 Å². The van der Waals surface area contributed by atoms with Gasteiger partial charge in [0.25, 0.3) is 0 Å². The van der Waals surface area contributed by atoms with E-state index in [1.165, 1.54) is 12.1 Å². The molecule has 0 aliphatic heterocycles. The van der Waals surface area contributed by atoms with Crippen molar-refractivity contribution in [1.29, 1.82) is 0 Å². The molecule has 6 heteroatoms. The molecule has 1 aromatic rings. The second kappa shape index (κ2) is 5.14. The third-order valence-electron chi connectivity index (χ3n) is 3.17. The Hall–Kier alpha value is -1.66. The Balaban J connectivity index is 2.22. The van der Waals surface area contributed by atoms with E-state index in [1.807, 2.05) is 12.2 Å². The van der Waals surface area contributed by atoms with Crippen LogP contribution in [0.3, 0.4) is 0 Å². The molecule has 5 nitrogen and oxygen atoms in total. The molecule has 0 heterocycles. The van der Waals surface area contributed by atoms with E-state index in [4.69, 9.17) is 5.14 Å². The maximum absolute atomic E-state index is 12.0. The number of aryl methyl sites for hydroxylation is 1. The first kappa shape index (κ1) is 13.8. The van der Waals surface area contributed by atoms with Crippen LogP contribution in [0.15, 0.2) is 35.2 Å². The van der Waals surface area contributed by atoms with Crippen LogP contribution in [0.1, 0.15) is 18.4 Å². The Kier molecular flexibility index (Phi) is 3.73. The summed E-state index contributed by atoms with van der Waals surface area (Å²) in [4.78, 5) is 12.0. The van der Waals surface area contributed by atoms with Crippen LogP contribution < -0.4 is 10.5 Å². The van der Waals surface area contributed by atoms with Gasteiger partial charge in [0.05, 0.1) is 4.90 Å². The van der Waals surface area contributed by atoms with Gasteiger partial charge < -0.3 is 5.32 Å². The average Bonchev–Trinajstić information content (AvgIpc) is 2.84. The number of allylic oxidation sites excluding steroid dienone is 2. The molecule has 0 saturated heterocycles. The summed E-state index contributed by atoms with van der Waals surface area (Å²) in [6.45, 7) is 1.80. The molecule has 1 amide bonds. The maximum Gasteiger partial charge on any atom is 0.238 e. The van der Waals surface area contributed by atoms with Crippen LogP contribution in [0.25, 0.3) is 0 Å². The van der Waals surface area contributed by atoms with E-state index in [1.54, 1.807) is 13.0 Å². The molecule has 1 aromatic carbocycles. The Morgan fingerprint density at radius 3 is 2.53 bits per heavy atom. The summed E-state index contributed by atoms with van der Waals surface area (Å²) in [5.74, 6) is -0.169. The van der Waals surface area contributed by atoms with Crippen molar-refractivity contribution < 1.29 is 13.2 Å². The minimum Gasteiger partial charge on any atom is -0.326 e. The third-order valence-corrected chi connectivity index (χ3v) is 4.09. The van der Waals surface area contributed by atoms with Gasteiger partial charge in [-0.05, 0) is 37.5 Å². The number of carbonyl (C=O) groups is 1. The van der Waals surface area contributed by atoms with E-state index in [2.05, 4.69) is 5.32 Å². The Labute approximate surface area is 112 Å².